The van der Waals surface area contributed by atoms with Gasteiger partial charge < -0.3 is 29.6 Å². The highest BCUT2D eigenvalue weighted by molar-refractivity contribution is 5.70. The second kappa shape index (κ2) is 46.0. The molecule has 0 aromatic carbocycles. The molecule has 1 unspecified atom stereocenters. The molecule has 0 aliphatic heterocycles. The van der Waals surface area contributed by atoms with Crippen LogP contribution < -0.4 is 5.73 Å². The number of rotatable bonds is 45. The van der Waals surface area contributed by atoms with Crippen molar-refractivity contribution in [2.45, 2.75) is 311 Å². The lowest BCUT2D eigenvalue weighted by atomic mass is 10.0. The van der Waals surface area contributed by atoms with Gasteiger partial charge in [0.1, 0.15) is 23.5 Å². The van der Waals surface area contributed by atoms with E-state index in [1.165, 1.54) is 109 Å². The van der Waals surface area contributed by atoms with Gasteiger partial charge in [-0.05, 0) is 138 Å². The molecule has 13 nitrogen and oxygen atoms in total. The van der Waals surface area contributed by atoms with Crippen molar-refractivity contribution in [3.05, 3.63) is 18.5 Å². The molecule has 0 aliphatic rings. The van der Waals surface area contributed by atoms with Crippen LogP contribution in [0.3, 0.4) is 0 Å². The molecule has 1 rings (SSSR count). The highest BCUT2D eigenvalue weighted by Crippen LogP contribution is 2.21. The first-order valence-electron chi connectivity index (χ1n) is 30.0. The first-order chi connectivity index (χ1) is 34.9. The monoisotopic (exact) mass is 1030 g/mol. The molecule has 0 radical (unpaired) electrons. The molecule has 1 heterocycles. The molecule has 0 saturated heterocycles. The summed E-state index contributed by atoms with van der Waals surface area (Å²) in [6, 6.07) is 1.88. The van der Waals surface area contributed by atoms with Crippen LogP contribution in [0, 0.1) is 0 Å². The van der Waals surface area contributed by atoms with Gasteiger partial charge in [0, 0.05) is 31.8 Å². The van der Waals surface area contributed by atoms with Crippen molar-refractivity contribution in [2.75, 3.05) is 32.8 Å². The predicted octanol–water partition coefficient (Wildman–Crippen LogP) is 16.6. The van der Waals surface area contributed by atoms with Crippen LogP contribution in [0.1, 0.15) is 294 Å². The van der Waals surface area contributed by atoms with Gasteiger partial charge in [-0.1, -0.05) is 162 Å². The van der Waals surface area contributed by atoms with Gasteiger partial charge in [-0.2, -0.15) is 5.10 Å². The minimum absolute atomic E-state index is 0.000762. The number of nitrogens with zero attached hydrogens (tertiary/aromatic N) is 4. The zero-order valence-corrected chi connectivity index (χ0v) is 49.1. The second-order valence-electron chi connectivity index (χ2n) is 22.6. The van der Waals surface area contributed by atoms with Crippen molar-refractivity contribution in [3.63, 3.8) is 0 Å². The largest absolute Gasteiger partial charge is 0.466 e. The molecule has 2 N–H and O–H groups in total. The summed E-state index contributed by atoms with van der Waals surface area (Å²) in [6.07, 6.45) is 40.8. The molecule has 0 saturated carbocycles. The fourth-order valence-corrected chi connectivity index (χ4v) is 8.90. The normalized spacial score (nSPS) is 12.1. The summed E-state index contributed by atoms with van der Waals surface area (Å²) >= 11 is 0. The summed E-state index contributed by atoms with van der Waals surface area (Å²) < 4.78 is 23.8. The maximum Gasteiger partial charge on any atom is 0.411 e. The number of unbranched alkanes of at least 4 members (excludes halogenated alkanes) is 24. The summed E-state index contributed by atoms with van der Waals surface area (Å²) in [7, 11) is 0. The van der Waals surface area contributed by atoms with Gasteiger partial charge in [0.15, 0.2) is 0 Å². The summed E-state index contributed by atoms with van der Waals surface area (Å²) in [5, 5.41) is 4.41. The molecule has 2 amide bonds. The van der Waals surface area contributed by atoms with Gasteiger partial charge in [0.05, 0.1) is 6.61 Å². The lowest BCUT2D eigenvalue weighted by Crippen LogP contribution is -2.42. The fourth-order valence-electron chi connectivity index (χ4n) is 8.90. The average molecular weight is 1030 g/mol. The van der Waals surface area contributed by atoms with Crippen LogP contribution in [-0.4, -0.2) is 93.8 Å². The Labute approximate surface area is 448 Å². The lowest BCUT2D eigenvalue weighted by Gasteiger charge is -2.32. The molecule has 73 heavy (non-hydrogen) atoms. The summed E-state index contributed by atoms with van der Waals surface area (Å²) in [4.78, 5) is 53.0. The Balaban J connectivity index is 0.00000593. The van der Waals surface area contributed by atoms with Crippen LogP contribution >= 0.6 is 0 Å². The van der Waals surface area contributed by atoms with E-state index in [9.17, 15) is 19.2 Å². The Hall–Kier alpha value is -3.35. The maximum atomic E-state index is 13.4. The summed E-state index contributed by atoms with van der Waals surface area (Å²) in [5.41, 5.74) is 3.68. The second-order valence-corrected chi connectivity index (χ2v) is 22.6. The van der Waals surface area contributed by atoms with Crippen molar-refractivity contribution in [2.24, 2.45) is 5.73 Å². The van der Waals surface area contributed by atoms with Gasteiger partial charge in [-0.15, -0.1) is 0 Å². The average Bonchev–Trinajstić information content (AvgIpc) is 3.86. The van der Waals surface area contributed by atoms with Gasteiger partial charge in [-0.3, -0.25) is 14.5 Å². The maximum absolute atomic E-state index is 13.4. The number of aromatic nitrogens is 2. The molecule has 1 aromatic heterocycles. The summed E-state index contributed by atoms with van der Waals surface area (Å²) in [6.45, 7) is 23.8. The molecule has 1 aromatic rings. The number of hydrogen-bond acceptors (Lipinski definition) is 10. The Morgan fingerprint density at radius 2 is 0.959 bits per heavy atom. The zero-order chi connectivity index (χ0) is 54.4. The number of carbonyl (C=O) groups is 4. The Kier molecular flexibility index (Phi) is 43.9. The van der Waals surface area contributed by atoms with Gasteiger partial charge in [0.2, 0.25) is 0 Å². The number of amides is 2. The van der Waals surface area contributed by atoms with Crippen LogP contribution in [0.5, 0.6) is 0 Å². The van der Waals surface area contributed by atoms with Crippen molar-refractivity contribution >= 4 is 24.1 Å². The highest BCUT2D eigenvalue weighted by atomic mass is 16.6. The minimum atomic E-state index is -0.725. The van der Waals surface area contributed by atoms with Crippen molar-refractivity contribution in [1.82, 2.24) is 19.6 Å². The number of ether oxygens (including phenoxy) is 4. The molecule has 0 aliphatic carbocycles. The molecule has 0 fully saturated rings. The van der Waals surface area contributed by atoms with Crippen LogP contribution in [-0.2, 0) is 28.5 Å². The van der Waals surface area contributed by atoms with E-state index in [0.29, 0.717) is 26.0 Å². The Bertz CT molecular complexity index is 1430. The van der Waals surface area contributed by atoms with Gasteiger partial charge >= 0.3 is 24.1 Å². The van der Waals surface area contributed by atoms with E-state index < -0.39 is 17.3 Å². The van der Waals surface area contributed by atoms with E-state index >= 15 is 0 Å². The quantitative estimate of drug-likeness (QED) is 0.0379. The van der Waals surface area contributed by atoms with Crippen LogP contribution in [0.2, 0.25) is 0 Å². The molecule has 0 bridgehead atoms. The number of nitrogens with two attached hydrogens (primary N) is 1. The lowest BCUT2D eigenvalue weighted by molar-refractivity contribution is -0.150. The first-order valence-corrected chi connectivity index (χ1v) is 30.0. The van der Waals surface area contributed by atoms with E-state index in [2.05, 4.69) is 35.5 Å². The summed E-state index contributed by atoms with van der Waals surface area (Å²) in [5.74, 6) is -0.0465. The zero-order valence-electron chi connectivity index (χ0n) is 49.1. The standard InChI is InChI=1S/C55H104N4O6.C5H11NO2/c1-8-11-14-17-20-29-36-49-63-52(60)41-32-25-21-27-34-44-57(46-38-47-58(54(62)65-55(5,6)7)50(4)59-48-37-43-56-59)45-35-28-22-26-33-42-53(61)64-51(39-30-23-18-15-12-9-2)40-31-24-19-16-13-10-3;1-5(2,3)8-4(6)7/h37,43,48,50-51H,8-36,38-42,44-47,49H2,1-7H3;1-3H3,(H2,6,7). The third kappa shape index (κ3) is 45.7. The van der Waals surface area contributed by atoms with E-state index in [1.807, 2.05) is 44.6 Å². The number of primary amides is 1. The number of carbonyl (C=O) groups excluding carboxylic acids is 4. The molecule has 0 spiro atoms. The van der Waals surface area contributed by atoms with Gasteiger partial charge in [-0.25, -0.2) is 14.3 Å². The van der Waals surface area contributed by atoms with Crippen LogP contribution in [0.15, 0.2) is 18.5 Å². The fraction of sp³-hybridized carbons (Fsp3) is 0.883. The van der Waals surface area contributed by atoms with Crippen LogP contribution in [0.25, 0.3) is 0 Å². The molecule has 428 valence electrons. The highest BCUT2D eigenvalue weighted by Gasteiger charge is 2.27. The Morgan fingerprint density at radius 3 is 1.40 bits per heavy atom. The SMILES string of the molecule is CC(C)(C)OC(N)=O.CCCCCCCCCOC(=O)CCCCCCCN(CCCCCCCC(=O)OC(CCCCCCCC)CCCCCCCC)CCCN(C(=O)OC(C)(C)C)C(C)n1cccn1. The van der Waals surface area contributed by atoms with E-state index in [-0.39, 0.29) is 30.3 Å². The van der Waals surface area contributed by atoms with Crippen molar-refractivity contribution < 1.29 is 38.1 Å². The van der Waals surface area contributed by atoms with Gasteiger partial charge in [0.25, 0.3) is 0 Å². The van der Waals surface area contributed by atoms with Crippen LogP contribution in [0.4, 0.5) is 9.59 Å². The molecular formula is C60H115N5O8. The van der Waals surface area contributed by atoms with Crippen molar-refractivity contribution in [1.29, 1.82) is 0 Å². The smallest absolute Gasteiger partial charge is 0.411 e. The number of esters is 2. The molecule has 1 atom stereocenters. The Morgan fingerprint density at radius 1 is 0.534 bits per heavy atom. The first kappa shape index (κ1) is 69.7. The molecule has 13 heteroatoms. The third-order valence-corrected chi connectivity index (χ3v) is 13.0. The minimum Gasteiger partial charge on any atom is -0.466 e. The number of hydrogen-bond donors (Lipinski definition) is 1. The van der Waals surface area contributed by atoms with E-state index in [1.54, 1.807) is 31.9 Å². The predicted molar refractivity (Wildman–Crippen MR) is 302 cm³/mol. The van der Waals surface area contributed by atoms with E-state index in [0.717, 1.165) is 116 Å². The topological polar surface area (TPSA) is 156 Å². The third-order valence-electron chi connectivity index (χ3n) is 13.0. The van der Waals surface area contributed by atoms with Crippen molar-refractivity contribution in [3.8, 4) is 0 Å². The van der Waals surface area contributed by atoms with E-state index in [4.69, 9.17) is 19.9 Å². The molecular weight excluding hydrogens is 919 g/mol.